The maximum Gasteiger partial charge on any atom is -0.00702 e. The lowest BCUT2D eigenvalue weighted by molar-refractivity contribution is 1.25. The molecule has 0 heteroatoms. The number of fused-ring (bicyclic) bond motifs is 1. The lowest BCUT2D eigenvalue weighted by Gasteiger charge is -2.19. The van der Waals surface area contributed by atoms with Crippen molar-refractivity contribution in [2.24, 2.45) is 0 Å². The molecule has 0 heterocycles. The molecule has 0 bridgehead atoms. The Labute approximate surface area is 162 Å². The van der Waals surface area contributed by atoms with Crippen LogP contribution in [0.3, 0.4) is 0 Å². The van der Waals surface area contributed by atoms with Crippen molar-refractivity contribution >= 4 is 34.6 Å². The van der Waals surface area contributed by atoms with Crippen molar-refractivity contribution in [3.05, 3.63) is 93.4 Å². The van der Waals surface area contributed by atoms with E-state index in [1.165, 1.54) is 49.0 Å². The Morgan fingerprint density at radius 3 is 2.48 bits per heavy atom. The first-order chi connectivity index (χ1) is 12.3. The van der Waals surface area contributed by atoms with Gasteiger partial charge in [0.1, 0.15) is 0 Å². The summed E-state index contributed by atoms with van der Waals surface area (Å²) in [6, 6.07) is 19.9. The maximum atomic E-state index is 2.37. The number of hydrogen-bond donors (Lipinski definition) is 0. The van der Waals surface area contributed by atoms with Crippen molar-refractivity contribution < 1.29 is 0 Å². The van der Waals surface area contributed by atoms with E-state index in [-0.39, 0.29) is 14.9 Å². The average Bonchev–Trinajstić information content (AvgIpc) is 2.68. The summed E-state index contributed by atoms with van der Waals surface area (Å²) in [7, 11) is 0. The molecule has 0 saturated heterocycles. The molecule has 0 nitrogen and oxygen atoms in total. The molecule has 0 aromatic heterocycles. The van der Waals surface area contributed by atoms with Crippen LogP contribution in [0.4, 0.5) is 0 Å². The normalized spacial score (nSPS) is 15.6. The van der Waals surface area contributed by atoms with Gasteiger partial charge in [0.15, 0.2) is 0 Å². The van der Waals surface area contributed by atoms with E-state index in [2.05, 4.69) is 85.8 Å². The first-order valence-corrected chi connectivity index (χ1v) is 8.99. The van der Waals surface area contributed by atoms with Gasteiger partial charge in [0.2, 0.25) is 0 Å². The van der Waals surface area contributed by atoms with Crippen LogP contribution in [0.2, 0.25) is 0 Å². The lowest BCUT2D eigenvalue weighted by Crippen LogP contribution is -2.26. The van der Waals surface area contributed by atoms with E-state index in [4.69, 9.17) is 0 Å². The molecule has 27 heavy (non-hydrogen) atoms. The minimum atomic E-state index is 0. The Hall–Kier alpha value is -2.86. The van der Waals surface area contributed by atoms with Gasteiger partial charge >= 0.3 is 0 Å². The van der Waals surface area contributed by atoms with E-state index in [1.54, 1.807) is 0 Å². The Bertz CT molecular complexity index is 1190. The zero-order chi connectivity index (χ0) is 16.8. The van der Waals surface area contributed by atoms with E-state index < -0.39 is 0 Å². The second-order valence-corrected chi connectivity index (χ2v) is 6.98. The fourth-order valence-electron chi connectivity index (χ4n) is 4.22. The Balaban J connectivity index is 0.00000105. The highest BCUT2D eigenvalue weighted by Crippen LogP contribution is 2.35. The van der Waals surface area contributed by atoms with E-state index in [1.807, 2.05) is 0 Å². The second kappa shape index (κ2) is 7.40. The first-order valence-electron chi connectivity index (χ1n) is 8.99. The molecule has 0 fully saturated rings. The number of hydrogen-bond acceptors (Lipinski definition) is 0. The molecule has 3 aromatic carbocycles. The van der Waals surface area contributed by atoms with Gasteiger partial charge in [-0.1, -0.05) is 93.8 Å². The van der Waals surface area contributed by atoms with Gasteiger partial charge < -0.3 is 0 Å². The van der Waals surface area contributed by atoms with Crippen LogP contribution >= 0.6 is 0 Å². The number of allylic oxidation sites excluding steroid dienone is 3. The summed E-state index contributed by atoms with van der Waals surface area (Å²) >= 11 is 0. The third-order valence-corrected chi connectivity index (χ3v) is 5.56. The maximum absolute atomic E-state index is 2.37. The molecule has 5 rings (SSSR count). The minimum absolute atomic E-state index is 0. The molecule has 136 valence electrons. The molecular weight excluding hydrogens is 324 g/mol. The molecule has 0 aliphatic heterocycles. The van der Waals surface area contributed by atoms with Crippen molar-refractivity contribution in [1.29, 1.82) is 0 Å². The quantitative estimate of drug-likeness (QED) is 0.495. The van der Waals surface area contributed by atoms with Gasteiger partial charge in [-0.25, -0.2) is 0 Å². The van der Waals surface area contributed by atoms with Crippen LogP contribution in [0.5, 0.6) is 0 Å². The van der Waals surface area contributed by atoms with Crippen molar-refractivity contribution in [3.8, 4) is 0 Å². The Kier molecular flexibility index (Phi) is 5.19. The summed E-state index contributed by atoms with van der Waals surface area (Å²) in [6.07, 6.45) is 11.3. The topological polar surface area (TPSA) is 0 Å². The van der Waals surface area contributed by atoms with Crippen molar-refractivity contribution in [2.75, 3.05) is 0 Å². The van der Waals surface area contributed by atoms with Gasteiger partial charge in [-0.05, 0) is 68.8 Å². The van der Waals surface area contributed by atoms with E-state index in [0.29, 0.717) is 0 Å². The molecule has 0 unspecified atom stereocenters. The zero-order valence-corrected chi connectivity index (χ0v) is 14.4. The molecule has 0 spiro atoms. The van der Waals surface area contributed by atoms with E-state index in [9.17, 15) is 0 Å². The van der Waals surface area contributed by atoms with Crippen LogP contribution in [-0.2, 0) is 6.42 Å². The second-order valence-electron chi connectivity index (χ2n) is 6.98. The monoisotopic (exact) mass is 352 g/mol. The van der Waals surface area contributed by atoms with E-state index in [0.717, 1.165) is 12.8 Å². The highest BCUT2D eigenvalue weighted by molar-refractivity contribution is 5.98. The smallest absolute Gasteiger partial charge is 0.00702 e. The van der Waals surface area contributed by atoms with Crippen LogP contribution in [-0.4, -0.2) is 0 Å². The van der Waals surface area contributed by atoms with Crippen molar-refractivity contribution in [2.45, 2.75) is 34.6 Å². The van der Waals surface area contributed by atoms with Crippen LogP contribution in [0.15, 0.2) is 66.2 Å². The summed E-state index contributed by atoms with van der Waals surface area (Å²) in [4.78, 5) is 0. The molecule has 0 radical (unpaired) electrons. The molecule has 0 saturated carbocycles. The molecule has 2 aliphatic rings. The minimum Gasteiger partial charge on any atom is -0.0795 e. The fraction of sp³-hybridized carbons (Fsp3) is 0.185. The van der Waals surface area contributed by atoms with Gasteiger partial charge in [-0.3, -0.25) is 0 Å². The highest BCUT2D eigenvalue weighted by Gasteiger charge is 2.15. The lowest BCUT2D eigenvalue weighted by atomic mass is 9.85. The summed E-state index contributed by atoms with van der Waals surface area (Å²) in [5.74, 6) is 0. The Morgan fingerprint density at radius 2 is 1.63 bits per heavy atom. The van der Waals surface area contributed by atoms with Crippen LogP contribution in [0.25, 0.3) is 34.6 Å². The Morgan fingerprint density at radius 1 is 0.815 bits per heavy atom. The third kappa shape index (κ3) is 3.06. The van der Waals surface area contributed by atoms with Crippen LogP contribution in [0.1, 0.15) is 44.9 Å². The zero-order valence-electron chi connectivity index (χ0n) is 14.4. The van der Waals surface area contributed by atoms with Crippen molar-refractivity contribution in [3.63, 3.8) is 0 Å². The third-order valence-electron chi connectivity index (χ3n) is 5.56. The molecular formula is C27H28. The summed E-state index contributed by atoms with van der Waals surface area (Å²) in [6.45, 7) is 2.28. The van der Waals surface area contributed by atoms with Gasteiger partial charge in [0.05, 0.1) is 0 Å². The van der Waals surface area contributed by atoms with E-state index >= 15 is 0 Å². The van der Waals surface area contributed by atoms with Crippen LogP contribution < -0.4 is 10.4 Å². The number of benzene rings is 3. The highest BCUT2D eigenvalue weighted by atomic mass is 14.2. The van der Waals surface area contributed by atoms with Gasteiger partial charge in [0, 0.05) is 0 Å². The van der Waals surface area contributed by atoms with Gasteiger partial charge in [0.25, 0.3) is 0 Å². The fourth-order valence-corrected chi connectivity index (χ4v) is 4.22. The molecule has 0 amide bonds. The summed E-state index contributed by atoms with van der Waals surface area (Å²) < 4.78 is 0. The summed E-state index contributed by atoms with van der Waals surface area (Å²) in [5, 5.41) is 5.47. The first kappa shape index (κ1) is 18.9. The molecule has 0 atom stereocenters. The summed E-state index contributed by atoms with van der Waals surface area (Å²) in [5.41, 5.74) is 7.08. The van der Waals surface area contributed by atoms with Crippen molar-refractivity contribution in [1.82, 2.24) is 0 Å². The number of rotatable bonds is 1. The van der Waals surface area contributed by atoms with Crippen LogP contribution in [0, 0.1) is 0 Å². The largest absolute Gasteiger partial charge is 0.0795 e. The average molecular weight is 353 g/mol. The molecule has 3 aromatic rings. The molecule has 0 N–H and O–H groups in total. The van der Waals surface area contributed by atoms with Gasteiger partial charge in [-0.2, -0.15) is 0 Å². The van der Waals surface area contributed by atoms with Gasteiger partial charge in [-0.15, -0.1) is 0 Å². The predicted octanol–water partition coefficient (Wildman–Crippen LogP) is 6.12. The molecule has 2 aliphatic carbocycles. The standard InChI is InChI=1S/C25H20.2CH4/c1-17(21-13-12-18-6-2-3-7-22(18)16-21)23-15-14-20-9-4-8-19-10-5-11-24(23)25(19)20;;/h2-10,12,14-16H,11,13H2,1H3;2*1H4/b21-17+;;. The predicted molar refractivity (Wildman–Crippen MR) is 122 cm³/mol. The SMILES string of the molecule is C.C.C/C(=C1\C=c2ccccc2=CC1)c1ccc2cccc3c2c1CC=C3.